The number of rotatable bonds is 5. The van der Waals surface area contributed by atoms with Crippen molar-refractivity contribution in [1.29, 1.82) is 0 Å². The van der Waals surface area contributed by atoms with E-state index in [4.69, 9.17) is 5.73 Å². The third-order valence-corrected chi connectivity index (χ3v) is 2.67. The second-order valence-corrected chi connectivity index (χ2v) is 4.47. The Morgan fingerprint density at radius 3 is 2.71 bits per heavy atom. The van der Waals surface area contributed by atoms with Crippen LogP contribution in [0.1, 0.15) is 5.56 Å². The molecule has 0 atom stereocenters. The van der Waals surface area contributed by atoms with Gasteiger partial charge in [-0.1, -0.05) is 17.2 Å². The molecule has 0 fully saturated rings. The summed E-state index contributed by atoms with van der Waals surface area (Å²) in [5.41, 5.74) is 9.80. The lowest BCUT2D eigenvalue weighted by atomic mass is 10.2. The van der Waals surface area contributed by atoms with Gasteiger partial charge in [-0.15, -0.1) is 0 Å². The van der Waals surface area contributed by atoms with Crippen molar-refractivity contribution in [2.75, 3.05) is 24.7 Å². The van der Waals surface area contributed by atoms with E-state index in [0.717, 1.165) is 11.3 Å². The van der Waals surface area contributed by atoms with Crippen LogP contribution in [-0.2, 0) is 11.3 Å². The zero-order valence-electron chi connectivity index (χ0n) is 11.8. The quantitative estimate of drug-likeness (QED) is 0.564. The molecule has 0 aliphatic heterocycles. The molecule has 0 bridgehead atoms. The number of hydrogen-bond donors (Lipinski definition) is 2. The lowest BCUT2D eigenvalue weighted by molar-refractivity contribution is -0.121. The summed E-state index contributed by atoms with van der Waals surface area (Å²) in [7, 11) is 3.93. The predicted molar refractivity (Wildman–Crippen MR) is 78.7 cm³/mol. The van der Waals surface area contributed by atoms with Crippen LogP contribution in [0.25, 0.3) is 0 Å². The lowest BCUT2D eigenvalue weighted by Gasteiger charge is -2.11. The second-order valence-electron chi connectivity index (χ2n) is 4.47. The zero-order chi connectivity index (χ0) is 15.2. The van der Waals surface area contributed by atoms with E-state index in [2.05, 4.69) is 26.1 Å². The number of nitrogens with zero attached hydrogens (tertiary/aromatic N) is 6. The molecule has 0 saturated heterocycles. The minimum Gasteiger partial charge on any atom is -0.378 e. The number of benzene rings is 1. The maximum atomic E-state index is 11.6. The van der Waals surface area contributed by atoms with E-state index in [1.54, 1.807) is 6.21 Å². The van der Waals surface area contributed by atoms with Crippen molar-refractivity contribution in [3.63, 3.8) is 0 Å². The molecular weight excluding hydrogens is 272 g/mol. The van der Waals surface area contributed by atoms with Gasteiger partial charge in [-0.05, 0) is 28.1 Å². The number of nitrogen functional groups attached to an aromatic ring is 1. The van der Waals surface area contributed by atoms with Gasteiger partial charge >= 0.3 is 0 Å². The number of tetrazole rings is 1. The number of carbonyl (C=O) groups is 1. The summed E-state index contributed by atoms with van der Waals surface area (Å²) < 4.78 is 1.18. The summed E-state index contributed by atoms with van der Waals surface area (Å²) in [6.07, 6.45) is 1.56. The second kappa shape index (κ2) is 6.46. The molecule has 1 aromatic heterocycles. The van der Waals surface area contributed by atoms with Crippen LogP contribution in [0.5, 0.6) is 0 Å². The Morgan fingerprint density at radius 2 is 2.14 bits per heavy atom. The molecule has 0 spiro atoms. The minimum atomic E-state index is -0.366. The van der Waals surface area contributed by atoms with E-state index >= 15 is 0 Å². The number of anilines is 2. The summed E-state index contributed by atoms with van der Waals surface area (Å²) in [5.74, 6) is -0.288. The molecule has 0 aliphatic rings. The first kappa shape index (κ1) is 14.4. The molecule has 0 unspecified atom stereocenters. The number of aromatic nitrogens is 4. The highest BCUT2D eigenvalue weighted by molar-refractivity contribution is 5.82. The van der Waals surface area contributed by atoms with E-state index in [1.807, 2.05) is 43.3 Å². The number of nitrogens with two attached hydrogens (primary N) is 1. The van der Waals surface area contributed by atoms with Crippen LogP contribution in [0.15, 0.2) is 29.4 Å². The van der Waals surface area contributed by atoms with Gasteiger partial charge in [0.1, 0.15) is 6.54 Å². The molecule has 21 heavy (non-hydrogen) atoms. The van der Waals surface area contributed by atoms with Gasteiger partial charge in [-0.25, -0.2) is 10.1 Å². The first-order valence-electron chi connectivity index (χ1n) is 6.17. The Balaban J connectivity index is 1.87. The first-order chi connectivity index (χ1) is 10.1. The van der Waals surface area contributed by atoms with Gasteiger partial charge in [0.2, 0.25) is 5.95 Å². The molecule has 1 aromatic carbocycles. The summed E-state index contributed by atoms with van der Waals surface area (Å²) >= 11 is 0. The fraction of sp³-hybridized carbons (Fsp3) is 0.250. The molecule has 3 N–H and O–H groups in total. The average Bonchev–Trinajstić information content (AvgIpc) is 2.85. The third-order valence-electron chi connectivity index (χ3n) is 2.67. The van der Waals surface area contributed by atoms with Crippen molar-refractivity contribution in [3.05, 3.63) is 29.8 Å². The molecule has 110 valence electrons. The Labute approximate surface area is 121 Å². The predicted octanol–water partition coefficient (Wildman–Crippen LogP) is -0.528. The van der Waals surface area contributed by atoms with Gasteiger partial charge in [-0.3, -0.25) is 4.79 Å². The van der Waals surface area contributed by atoms with Crippen LogP contribution >= 0.6 is 0 Å². The smallest absolute Gasteiger partial charge is 0.261 e. The Bertz CT molecular complexity index is 631. The fourth-order valence-corrected chi connectivity index (χ4v) is 1.53. The van der Waals surface area contributed by atoms with E-state index in [1.165, 1.54) is 4.68 Å². The molecule has 2 aromatic rings. The molecule has 9 nitrogen and oxygen atoms in total. The molecule has 0 aliphatic carbocycles. The van der Waals surface area contributed by atoms with Crippen molar-refractivity contribution in [3.8, 4) is 0 Å². The maximum Gasteiger partial charge on any atom is 0.261 e. The van der Waals surface area contributed by atoms with Crippen LogP contribution < -0.4 is 16.1 Å². The van der Waals surface area contributed by atoms with Crippen molar-refractivity contribution < 1.29 is 4.79 Å². The SMILES string of the molecule is CN(C)c1ccc(/C=N\NC(=O)Cn2nnnc2N)cc1. The molecule has 2 rings (SSSR count). The molecule has 0 saturated carbocycles. The van der Waals surface area contributed by atoms with Gasteiger partial charge in [0.25, 0.3) is 5.91 Å². The van der Waals surface area contributed by atoms with Gasteiger partial charge in [0.05, 0.1) is 6.21 Å². The number of amides is 1. The zero-order valence-corrected chi connectivity index (χ0v) is 11.8. The van der Waals surface area contributed by atoms with E-state index in [-0.39, 0.29) is 18.4 Å². The highest BCUT2D eigenvalue weighted by atomic mass is 16.2. The average molecular weight is 288 g/mol. The van der Waals surface area contributed by atoms with E-state index in [9.17, 15) is 4.79 Å². The number of nitrogens with one attached hydrogen (secondary N) is 1. The van der Waals surface area contributed by atoms with Gasteiger partial charge < -0.3 is 10.6 Å². The third kappa shape index (κ3) is 4.00. The van der Waals surface area contributed by atoms with Gasteiger partial charge in [0.15, 0.2) is 0 Å². The molecular formula is C12H16N8O. The van der Waals surface area contributed by atoms with Crippen LogP contribution in [0.2, 0.25) is 0 Å². The van der Waals surface area contributed by atoms with E-state index in [0.29, 0.717) is 0 Å². The van der Waals surface area contributed by atoms with Crippen molar-refractivity contribution in [2.24, 2.45) is 5.10 Å². The Kier molecular flexibility index (Phi) is 4.44. The lowest BCUT2D eigenvalue weighted by Crippen LogP contribution is -2.24. The van der Waals surface area contributed by atoms with Gasteiger partial charge in [-0.2, -0.15) is 5.10 Å². The van der Waals surface area contributed by atoms with Crippen molar-refractivity contribution >= 4 is 23.8 Å². The summed E-state index contributed by atoms with van der Waals surface area (Å²) in [4.78, 5) is 13.6. The molecule has 1 amide bonds. The van der Waals surface area contributed by atoms with Crippen LogP contribution in [0.4, 0.5) is 11.6 Å². The monoisotopic (exact) mass is 288 g/mol. The van der Waals surface area contributed by atoms with Crippen molar-refractivity contribution in [1.82, 2.24) is 25.6 Å². The maximum absolute atomic E-state index is 11.6. The Morgan fingerprint density at radius 1 is 1.43 bits per heavy atom. The highest BCUT2D eigenvalue weighted by Gasteiger charge is 2.06. The standard InChI is InChI=1S/C12H16N8O/c1-19(2)10-5-3-9(4-6-10)7-14-15-11(21)8-20-12(13)16-17-18-20/h3-7H,8H2,1-2H3,(H,15,21)(H2,13,16,18)/b14-7-. The summed E-state index contributed by atoms with van der Waals surface area (Å²) in [6.45, 7) is -0.0876. The van der Waals surface area contributed by atoms with Crippen molar-refractivity contribution in [2.45, 2.75) is 6.54 Å². The highest BCUT2D eigenvalue weighted by Crippen LogP contribution is 2.10. The summed E-state index contributed by atoms with van der Waals surface area (Å²) in [5, 5.41) is 14.2. The number of hydrogen-bond acceptors (Lipinski definition) is 7. The number of carbonyl (C=O) groups excluding carboxylic acids is 1. The fourth-order valence-electron chi connectivity index (χ4n) is 1.53. The van der Waals surface area contributed by atoms with E-state index < -0.39 is 0 Å². The summed E-state index contributed by atoms with van der Waals surface area (Å²) in [6, 6.07) is 7.74. The van der Waals surface area contributed by atoms with Crippen LogP contribution in [0, 0.1) is 0 Å². The number of hydrazone groups is 1. The molecule has 0 radical (unpaired) electrons. The molecule has 9 heteroatoms. The normalized spacial score (nSPS) is 10.8. The van der Waals surface area contributed by atoms with Gasteiger partial charge in [0, 0.05) is 19.8 Å². The minimum absolute atomic E-state index is 0.0772. The Hall–Kier alpha value is -2.97. The molecule has 1 heterocycles. The largest absolute Gasteiger partial charge is 0.378 e. The first-order valence-corrected chi connectivity index (χ1v) is 6.17. The van der Waals surface area contributed by atoms with Crippen LogP contribution in [-0.4, -0.2) is 46.4 Å². The van der Waals surface area contributed by atoms with Crippen LogP contribution in [0.3, 0.4) is 0 Å². The topological polar surface area (TPSA) is 114 Å².